The van der Waals surface area contributed by atoms with Gasteiger partial charge in [-0.25, -0.2) is 0 Å². The van der Waals surface area contributed by atoms with Gasteiger partial charge in [0.05, 0.1) is 0 Å². The second-order valence-corrected chi connectivity index (χ2v) is 8.11. The zero-order valence-electron chi connectivity index (χ0n) is 15.7. The predicted molar refractivity (Wildman–Crippen MR) is 113 cm³/mol. The molecule has 2 fully saturated rings. The summed E-state index contributed by atoms with van der Waals surface area (Å²) >= 11 is 0. The average molecular weight is 416 g/mol. The molecule has 1 aliphatic heterocycles. The van der Waals surface area contributed by atoms with Gasteiger partial charge in [-0.15, -0.1) is 17.0 Å². The molecule has 1 saturated carbocycles. The van der Waals surface area contributed by atoms with E-state index in [9.17, 15) is 5.11 Å². The molecule has 0 aromatic heterocycles. The number of piperidine rings is 1. The van der Waals surface area contributed by atoms with E-state index in [-0.39, 0.29) is 17.0 Å². The maximum atomic E-state index is 9.91. The summed E-state index contributed by atoms with van der Waals surface area (Å²) in [6.07, 6.45) is 7.54. The Morgan fingerprint density at radius 1 is 1.12 bits per heavy atom. The highest BCUT2D eigenvalue weighted by atomic mass is 79.9. The van der Waals surface area contributed by atoms with Crippen molar-refractivity contribution >= 4 is 17.0 Å². The highest BCUT2D eigenvalue weighted by Crippen LogP contribution is 2.47. The van der Waals surface area contributed by atoms with E-state index < -0.39 is 0 Å². The smallest absolute Gasteiger partial charge is 0.115 e. The van der Waals surface area contributed by atoms with E-state index in [2.05, 4.69) is 42.2 Å². The number of phenols is 1. The summed E-state index contributed by atoms with van der Waals surface area (Å²) in [5.41, 5.74) is 4.47. The summed E-state index contributed by atoms with van der Waals surface area (Å²) in [6.45, 7) is 4.53. The van der Waals surface area contributed by atoms with Gasteiger partial charge in [0.25, 0.3) is 0 Å². The van der Waals surface area contributed by atoms with Crippen LogP contribution in [0.3, 0.4) is 0 Å². The Hall–Kier alpha value is -1.32. The molecule has 1 aliphatic carbocycles. The predicted octanol–water partition coefficient (Wildman–Crippen LogP) is 5.41. The first-order valence-electron chi connectivity index (χ1n) is 9.74. The van der Waals surface area contributed by atoms with Crippen LogP contribution >= 0.6 is 17.0 Å². The normalized spacial score (nSPS) is 25.5. The molecule has 2 aromatic carbocycles. The van der Waals surface area contributed by atoms with E-state index >= 15 is 0 Å². The fraction of sp³-hybridized carbons (Fsp3) is 0.478. The topological polar surface area (TPSA) is 23.5 Å². The Balaban J connectivity index is 0.00000196. The molecule has 2 atom stereocenters. The number of aryl methyl sites for hydroxylation is 1. The van der Waals surface area contributed by atoms with Gasteiger partial charge < -0.3 is 5.11 Å². The van der Waals surface area contributed by atoms with E-state index in [4.69, 9.17) is 0 Å². The Bertz CT molecular complexity index is 746. The SMILES string of the molecule is Br.Cc1cccc(CCN2CC[C@@]3(c4cccc(O)c4)CCC[C@@H]2C3)c1. The van der Waals surface area contributed by atoms with E-state index in [1.807, 2.05) is 12.1 Å². The second kappa shape index (κ2) is 8.14. The number of fused-ring (bicyclic) bond motifs is 2. The van der Waals surface area contributed by atoms with Crippen LogP contribution in [0.4, 0.5) is 0 Å². The van der Waals surface area contributed by atoms with Gasteiger partial charge in [-0.3, -0.25) is 4.90 Å². The van der Waals surface area contributed by atoms with Crippen molar-refractivity contribution in [2.75, 3.05) is 13.1 Å². The largest absolute Gasteiger partial charge is 0.508 e. The first kappa shape index (κ1) is 19.4. The highest BCUT2D eigenvalue weighted by Gasteiger charge is 2.43. The first-order valence-corrected chi connectivity index (χ1v) is 9.74. The van der Waals surface area contributed by atoms with Gasteiger partial charge in [0.1, 0.15) is 5.75 Å². The minimum atomic E-state index is 0. The summed E-state index contributed by atoms with van der Waals surface area (Å²) in [4.78, 5) is 2.72. The lowest BCUT2D eigenvalue weighted by molar-refractivity contribution is 0.0524. The molecule has 0 radical (unpaired) electrons. The molecule has 140 valence electrons. The van der Waals surface area contributed by atoms with Crippen LogP contribution < -0.4 is 0 Å². The van der Waals surface area contributed by atoms with Crippen LogP contribution in [-0.2, 0) is 11.8 Å². The van der Waals surface area contributed by atoms with Gasteiger partial charge in [0.15, 0.2) is 0 Å². The minimum Gasteiger partial charge on any atom is -0.508 e. The van der Waals surface area contributed by atoms with Crippen molar-refractivity contribution in [1.82, 2.24) is 4.90 Å². The minimum absolute atomic E-state index is 0. The zero-order valence-corrected chi connectivity index (χ0v) is 17.4. The summed E-state index contributed by atoms with van der Waals surface area (Å²) in [7, 11) is 0. The fourth-order valence-electron chi connectivity index (χ4n) is 5.09. The van der Waals surface area contributed by atoms with Crippen LogP contribution in [0.15, 0.2) is 48.5 Å². The summed E-state index contributed by atoms with van der Waals surface area (Å²) < 4.78 is 0. The molecular formula is C23H30BrNO. The molecule has 2 nitrogen and oxygen atoms in total. The summed E-state index contributed by atoms with van der Waals surface area (Å²) in [5, 5.41) is 9.91. The van der Waals surface area contributed by atoms with Gasteiger partial charge in [-0.1, -0.05) is 48.4 Å². The van der Waals surface area contributed by atoms with Crippen molar-refractivity contribution < 1.29 is 5.11 Å². The Morgan fingerprint density at radius 3 is 2.77 bits per heavy atom. The molecule has 0 unspecified atom stereocenters. The van der Waals surface area contributed by atoms with Crippen LogP contribution in [0.25, 0.3) is 0 Å². The molecule has 2 aliphatic rings. The maximum absolute atomic E-state index is 9.91. The van der Waals surface area contributed by atoms with Crippen LogP contribution in [0, 0.1) is 6.92 Å². The molecular weight excluding hydrogens is 386 g/mol. The first-order chi connectivity index (χ1) is 12.1. The van der Waals surface area contributed by atoms with E-state index in [1.54, 1.807) is 6.07 Å². The molecule has 2 bridgehead atoms. The molecule has 1 saturated heterocycles. The summed E-state index contributed by atoms with van der Waals surface area (Å²) in [6, 6.07) is 17.7. The number of likely N-dealkylation sites (tertiary alicyclic amines) is 1. The van der Waals surface area contributed by atoms with Crippen LogP contribution in [0.5, 0.6) is 5.75 Å². The van der Waals surface area contributed by atoms with Gasteiger partial charge in [0.2, 0.25) is 0 Å². The quantitative estimate of drug-likeness (QED) is 0.721. The molecule has 2 aromatic rings. The van der Waals surface area contributed by atoms with E-state index in [1.165, 1.54) is 61.9 Å². The van der Waals surface area contributed by atoms with Crippen LogP contribution in [0.1, 0.15) is 48.8 Å². The molecule has 4 rings (SSSR count). The van der Waals surface area contributed by atoms with Crippen molar-refractivity contribution in [2.45, 2.75) is 56.9 Å². The number of nitrogens with zero attached hydrogens (tertiary/aromatic N) is 1. The van der Waals surface area contributed by atoms with Crippen molar-refractivity contribution in [2.24, 2.45) is 0 Å². The lowest BCUT2D eigenvalue weighted by Crippen LogP contribution is -2.52. The van der Waals surface area contributed by atoms with Gasteiger partial charge in [-0.05, 0) is 74.2 Å². The molecule has 0 amide bonds. The van der Waals surface area contributed by atoms with Crippen LogP contribution in [0.2, 0.25) is 0 Å². The lowest BCUT2D eigenvalue weighted by Gasteiger charge is -2.51. The number of hydrogen-bond donors (Lipinski definition) is 1. The third-order valence-corrected chi connectivity index (χ3v) is 6.44. The van der Waals surface area contributed by atoms with E-state index in [0.717, 1.165) is 6.42 Å². The number of benzene rings is 2. The number of hydrogen-bond acceptors (Lipinski definition) is 2. The van der Waals surface area contributed by atoms with Gasteiger partial charge in [-0.2, -0.15) is 0 Å². The Morgan fingerprint density at radius 2 is 1.96 bits per heavy atom. The standard InChI is InChI=1S/C23H29NO.BrH/c1-18-5-2-6-19(15-18)10-13-24-14-12-23(11-4-8-21(24)17-23)20-7-3-9-22(25)16-20;/h2-3,5-7,9,15-16,21,25H,4,8,10-14,17H2,1H3;1H/t21-,23+;/m1./s1. The fourth-order valence-corrected chi connectivity index (χ4v) is 5.09. The lowest BCUT2D eigenvalue weighted by atomic mass is 9.63. The number of aromatic hydroxyl groups is 1. The van der Waals surface area contributed by atoms with Crippen molar-refractivity contribution in [3.05, 3.63) is 65.2 Å². The number of phenolic OH excluding ortho intramolecular Hbond substituents is 1. The van der Waals surface area contributed by atoms with Gasteiger partial charge >= 0.3 is 0 Å². The maximum Gasteiger partial charge on any atom is 0.115 e. The summed E-state index contributed by atoms with van der Waals surface area (Å²) in [5.74, 6) is 0.413. The van der Waals surface area contributed by atoms with Crippen molar-refractivity contribution in [3.8, 4) is 5.75 Å². The van der Waals surface area contributed by atoms with Crippen LogP contribution in [-0.4, -0.2) is 29.1 Å². The third kappa shape index (κ3) is 3.99. The molecule has 26 heavy (non-hydrogen) atoms. The average Bonchev–Trinajstić information content (AvgIpc) is 2.61. The van der Waals surface area contributed by atoms with E-state index in [0.29, 0.717) is 17.2 Å². The highest BCUT2D eigenvalue weighted by molar-refractivity contribution is 8.93. The molecule has 3 heteroatoms. The van der Waals surface area contributed by atoms with Gasteiger partial charge in [0, 0.05) is 12.6 Å². The third-order valence-electron chi connectivity index (χ3n) is 6.44. The van der Waals surface area contributed by atoms with Crippen molar-refractivity contribution in [1.29, 1.82) is 0 Å². The molecule has 1 N–H and O–H groups in total. The zero-order chi connectivity index (χ0) is 17.3. The Labute approximate surface area is 168 Å². The second-order valence-electron chi connectivity index (χ2n) is 8.11. The molecule has 0 spiro atoms. The number of halogens is 1. The van der Waals surface area contributed by atoms with Crippen molar-refractivity contribution in [3.63, 3.8) is 0 Å². The monoisotopic (exact) mass is 415 g/mol. The Kier molecular flexibility index (Phi) is 6.09. The number of rotatable bonds is 4. The molecule has 1 heterocycles.